The van der Waals surface area contributed by atoms with Crippen molar-refractivity contribution in [2.75, 3.05) is 13.2 Å². The van der Waals surface area contributed by atoms with Crippen LogP contribution in [0.4, 0.5) is 13.2 Å². The van der Waals surface area contributed by atoms with Gasteiger partial charge in [0, 0.05) is 0 Å². The van der Waals surface area contributed by atoms with Crippen molar-refractivity contribution in [3.05, 3.63) is 0 Å². The molecule has 1 rings (SSSR count). The molecule has 0 spiro atoms. The second-order valence-corrected chi connectivity index (χ2v) is 5.26. The number of carbonyl (C=O) groups is 2. The predicted octanol–water partition coefficient (Wildman–Crippen LogP) is -0.131. The number of nitrogens with one attached hydrogen (secondary N) is 1. The molecule has 1 aliphatic rings. The van der Waals surface area contributed by atoms with E-state index in [1.165, 1.54) is 0 Å². The van der Waals surface area contributed by atoms with Crippen molar-refractivity contribution in [1.82, 2.24) is 5.32 Å². The number of amides is 1. The maximum atomic E-state index is 11.6. The summed E-state index contributed by atoms with van der Waals surface area (Å²) >= 11 is 0. The average molecular weight is 330 g/mol. The molecule has 7 nitrogen and oxygen atoms in total. The minimum Gasteiger partial charge on any atom is -0.475 e. The molecule has 0 aliphatic carbocycles. The van der Waals surface area contributed by atoms with Crippen LogP contribution in [0.25, 0.3) is 0 Å². The molecule has 1 fully saturated rings. The van der Waals surface area contributed by atoms with Gasteiger partial charge in [-0.15, -0.1) is 0 Å². The van der Waals surface area contributed by atoms with Crippen molar-refractivity contribution < 1.29 is 37.7 Å². The van der Waals surface area contributed by atoms with Gasteiger partial charge in [0.2, 0.25) is 5.91 Å². The van der Waals surface area contributed by atoms with Crippen LogP contribution in [-0.4, -0.2) is 59.7 Å². The minimum atomic E-state index is -5.08. The lowest BCUT2D eigenvalue weighted by molar-refractivity contribution is -0.192. The molecule has 0 saturated carbocycles. The van der Waals surface area contributed by atoms with Crippen LogP contribution in [0.3, 0.4) is 0 Å². The summed E-state index contributed by atoms with van der Waals surface area (Å²) in [4.78, 5) is 20.5. The normalized spacial score (nSPS) is 22.7. The highest BCUT2D eigenvalue weighted by Gasteiger charge is 2.38. The molecule has 130 valence electrons. The molecule has 0 aromatic heterocycles. The molecule has 1 amide bonds. The Hall–Kier alpha value is -1.39. The first-order valence-corrected chi connectivity index (χ1v) is 6.57. The number of hydrogen-bond acceptors (Lipinski definition) is 5. The first kappa shape index (κ1) is 20.6. The molecule has 5 N–H and O–H groups in total. The van der Waals surface area contributed by atoms with E-state index in [2.05, 4.69) is 5.32 Å². The molecule has 0 unspecified atom stereocenters. The Labute approximate surface area is 125 Å². The van der Waals surface area contributed by atoms with Gasteiger partial charge in [-0.05, 0) is 12.3 Å². The van der Waals surface area contributed by atoms with Gasteiger partial charge in [0.05, 0.1) is 31.4 Å². The molecule has 10 heteroatoms. The summed E-state index contributed by atoms with van der Waals surface area (Å²) in [5.41, 5.74) is 5.71. The van der Waals surface area contributed by atoms with Crippen LogP contribution in [0.15, 0.2) is 0 Å². The Morgan fingerprint density at radius 2 is 1.86 bits per heavy atom. The fraction of sp³-hybridized carbons (Fsp3) is 0.833. The first-order chi connectivity index (χ1) is 9.95. The number of hydrogen-bond donors (Lipinski definition) is 4. The number of carboxylic acid groups (broad SMARTS) is 1. The van der Waals surface area contributed by atoms with Crippen molar-refractivity contribution in [3.63, 3.8) is 0 Å². The highest BCUT2D eigenvalue weighted by Crippen LogP contribution is 2.13. The van der Waals surface area contributed by atoms with Crippen molar-refractivity contribution in [2.24, 2.45) is 11.7 Å². The van der Waals surface area contributed by atoms with E-state index in [-0.39, 0.29) is 18.6 Å². The van der Waals surface area contributed by atoms with Gasteiger partial charge in [-0.2, -0.15) is 13.2 Å². The number of nitrogens with two attached hydrogens (primary N) is 1. The molecule has 1 heterocycles. The summed E-state index contributed by atoms with van der Waals surface area (Å²) in [7, 11) is 0. The number of aliphatic carboxylic acids is 1. The molecule has 22 heavy (non-hydrogen) atoms. The Morgan fingerprint density at radius 3 is 2.18 bits per heavy atom. The Morgan fingerprint density at radius 1 is 1.36 bits per heavy atom. The van der Waals surface area contributed by atoms with Crippen LogP contribution < -0.4 is 11.1 Å². The van der Waals surface area contributed by atoms with Gasteiger partial charge < -0.3 is 26.0 Å². The molecule has 0 aromatic rings. The largest absolute Gasteiger partial charge is 0.490 e. The number of rotatable bonds is 4. The number of carbonyl (C=O) groups excluding carboxylic acids is 1. The molecule has 0 bridgehead atoms. The number of carboxylic acids is 1. The van der Waals surface area contributed by atoms with E-state index in [1.807, 2.05) is 13.8 Å². The van der Waals surface area contributed by atoms with Crippen molar-refractivity contribution in [3.8, 4) is 0 Å². The van der Waals surface area contributed by atoms with Crippen LogP contribution in [0.5, 0.6) is 0 Å². The van der Waals surface area contributed by atoms with E-state index >= 15 is 0 Å². The molecule has 0 radical (unpaired) electrons. The summed E-state index contributed by atoms with van der Waals surface area (Å²) in [6.45, 7) is 4.67. The average Bonchev–Trinajstić information content (AvgIpc) is 2.73. The van der Waals surface area contributed by atoms with Gasteiger partial charge >= 0.3 is 12.1 Å². The van der Waals surface area contributed by atoms with E-state index in [1.54, 1.807) is 0 Å². The monoisotopic (exact) mass is 330 g/mol. The van der Waals surface area contributed by atoms with E-state index in [0.29, 0.717) is 18.9 Å². The van der Waals surface area contributed by atoms with Crippen molar-refractivity contribution in [2.45, 2.75) is 44.6 Å². The fourth-order valence-corrected chi connectivity index (χ4v) is 1.59. The first-order valence-electron chi connectivity index (χ1n) is 6.57. The number of aliphatic hydroxyl groups excluding tert-OH is 1. The van der Waals surface area contributed by atoms with Crippen LogP contribution in [-0.2, 0) is 14.3 Å². The van der Waals surface area contributed by atoms with E-state index in [9.17, 15) is 23.1 Å². The summed E-state index contributed by atoms with van der Waals surface area (Å²) in [6, 6.07) is -0.812. The summed E-state index contributed by atoms with van der Waals surface area (Å²) in [6.07, 6.45) is -5.05. The van der Waals surface area contributed by atoms with Gasteiger partial charge in [-0.25, -0.2) is 4.79 Å². The lowest BCUT2D eigenvalue weighted by Crippen LogP contribution is -2.49. The fourth-order valence-electron chi connectivity index (χ4n) is 1.59. The summed E-state index contributed by atoms with van der Waals surface area (Å²) in [5.74, 6) is -2.58. The Bertz CT molecular complexity index is 376. The standard InChI is InChI=1S/C10H20N2O3.C2HF3O2/c1-6(2)3-7(11)10(14)12-8-4-15-5-9(8)13;3-2(4,5)1(6)7/h6-9,13H,3-5,11H2,1-2H3,(H,12,14);(H,6,7)/t7-,8+,9+;/m0./s1. The molecule has 1 saturated heterocycles. The zero-order valence-electron chi connectivity index (χ0n) is 12.3. The maximum Gasteiger partial charge on any atom is 0.490 e. The van der Waals surface area contributed by atoms with Gasteiger partial charge in [0.1, 0.15) is 0 Å². The van der Waals surface area contributed by atoms with Crippen molar-refractivity contribution in [1.29, 1.82) is 0 Å². The summed E-state index contributed by atoms with van der Waals surface area (Å²) < 4.78 is 36.8. The zero-order valence-corrected chi connectivity index (χ0v) is 12.3. The molecular formula is C12H21F3N2O5. The maximum absolute atomic E-state index is 11.6. The number of halogens is 3. The topological polar surface area (TPSA) is 122 Å². The van der Waals surface area contributed by atoms with Crippen LogP contribution in [0.2, 0.25) is 0 Å². The van der Waals surface area contributed by atoms with Crippen LogP contribution >= 0.6 is 0 Å². The molecule has 0 aromatic carbocycles. The molecular weight excluding hydrogens is 309 g/mol. The Kier molecular flexibility index (Phi) is 8.35. The van der Waals surface area contributed by atoms with Gasteiger partial charge in [0.15, 0.2) is 0 Å². The second kappa shape index (κ2) is 8.91. The quantitative estimate of drug-likeness (QED) is 0.570. The lowest BCUT2D eigenvalue weighted by Gasteiger charge is -2.19. The Balaban J connectivity index is 0.000000534. The highest BCUT2D eigenvalue weighted by molar-refractivity contribution is 5.81. The molecule has 3 atom stereocenters. The third-order valence-electron chi connectivity index (χ3n) is 2.68. The number of aliphatic hydroxyl groups is 1. The lowest BCUT2D eigenvalue weighted by atomic mass is 10.0. The third kappa shape index (κ3) is 8.15. The summed E-state index contributed by atoms with van der Waals surface area (Å²) in [5, 5.41) is 19.2. The van der Waals surface area contributed by atoms with E-state index in [4.69, 9.17) is 20.4 Å². The van der Waals surface area contributed by atoms with Gasteiger partial charge in [-0.3, -0.25) is 4.79 Å². The van der Waals surface area contributed by atoms with Crippen LogP contribution in [0.1, 0.15) is 20.3 Å². The smallest absolute Gasteiger partial charge is 0.475 e. The van der Waals surface area contributed by atoms with Crippen molar-refractivity contribution >= 4 is 11.9 Å². The number of alkyl halides is 3. The second-order valence-electron chi connectivity index (χ2n) is 5.26. The zero-order chi connectivity index (χ0) is 17.5. The highest BCUT2D eigenvalue weighted by atomic mass is 19.4. The number of ether oxygens (including phenoxy) is 1. The van der Waals surface area contributed by atoms with E-state index in [0.717, 1.165) is 0 Å². The van der Waals surface area contributed by atoms with E-state index < -0.39 is 24.3 Å². The molecule has 1 aliphatic heterocycles. The van der Waals surface area contributed by atoms with Gasteiger partial charge in [0.25, 0.3) is 0 Å². The SMILES string of the molecule is CC(C)C[C@H](N)C(=O)N[C@@H]1COC[C@H]1O.O=C(O)C(F)(F)F. The minimum absolute atomic E-state index is 0.210. The van der Waals surface area contributed by atoms with Crippen LogP contribution in [0, 0.1) is 5.92 Å². The predicted molar refractivity (Wildman–Crippen MR) is 69.9 cm³/mol. The third-order valence-corrected chi connectivity index (χ3v) is 2.68. The van der Waals surface area contributed by atoms with Gasteiger partial charge in [-0.1, -0.05) is 13.8 Å².